The summed E-state index contributed by atoms with van der Waals surface area (Å²) in [5.41, 5.74) is 4.21. The van der Waals surface area contributed by atoms with Crippen LogP contribution in [0, 0.1) is 10.8 Å². The Morgan fingerprint density at radius 3 is 2.24 bits per heavy atom. The molecular formula is C16H26N4O. The third-order valence-electron chi connectivity index (χ3n) is 5.14. The van der Waals surface area contributed by atoms with Gasteiger partial charge in [-0.2, -0.15) is 0 Å². The van der Waals surface area contributed by atoms with E-state index in [1.165, 1.54) is 0 Å². The SMILES string of the molecule is CC(C)c1cc(C(=O)NC2C(C)(C)C2(C)C)cc(NN)n1. The largest absolute Gasteiger partial charge is 0.348 e. The smallest absolute Gasteiger partial charge is 0.251 e. The summed E-state index contributed by atoms with van der Waals surface area (Å²) >= 11 is 0. The maximum atomic E-state index is 12.5. The number of nitrogens with one attached hydrogen (secondary N) is 2. The molecule has 1 aliphatic rings. The van der Waals surface area contributed by atoms with Crippen molar-refractivity contribution in [1.82, 2.24) is 10.3 Å². The molecule has 0 atom stereocenters. The second-order valence-electron chi connectivity index (χ2n) is 7.31. The molecule has 0 radical (unpaired) electrons. The summed E-state index contributed by atoms with van der Waals surface area (Å²) in [5, 5.41) is 3.13. The zero-order chi connectivity index (χ0) is 16.0. The van der Waals surface area contributed by atoms with Crippen LogP contribution < -0.4 is 16.6 Å². The van der Waals surface area contributed by atoms with E-state index in [0.29, 0.717) is 11.4 Å². The molecule has 1 aromatic rings. The maximum absolute atomic E-state index is 12.5. The first-order valence-electron chi connectivity index (χ1n) is 7.40. The van der Waals surface area contributed by atoms with Crippen molar-refractivity contribution in [3.05, 3.63) is 23.4 Å². The molecule has 1 amide bonds. The lowest BCUT2D eigenvalue weighted by molar-refractivity contribution is 0.0943. The molecule has 4 N–H and O–H groups in total. The van der Waals surface area contributed by atoms with Crippen LogP contribution in [0.2, 0.25) is 0 Å². The fourth-order valence-electron chi connectivity index (χ4n) is 2.82. The standard InChI is InChI=1S/C16H26N4O/c1-9(2)11-7-10(8-12(18-11)20-17)13(21)19-14-15(3,4)16(14,5)6/h7-9,14H,17H2,1-6H3,(H,18,20)(H,19,21). The van der Waals surface area contributed by atoms with E-state index in [1.54, 1.807) is 6.07 Å². The van der Waals surface area contributed by atoms with Crippen LogP contribution in [0.25, 0.3) is 0 Å². The van der Waals surface area contributed by atoms with E-state index >= 15 is 0 Å². The summed E-state index contributed by atoms with van der Waals surface area (Å²) in [6.07, 6.45) is 0. The number of nitrogen functional groups attached to an aromatic ring is 1. The number of carbonyl (C=O) groups excluding carboxylic acids is 1. The minimum atomic E-state index is -0.0700. The third kappa shape index (κ3) is 2.62. The molecular weight excluding hydrogens is 264 g/mol. The topological polar surface area (TPSA) is 80.0 Å². The van der Waals surface area contributed by atoms with E-state index in [1.807, 2.05) is 19.9 Å². The van der Waals surface area contributed by atoms with Crippen LogP contribution in [-0.4, -0.2) is 16.9 Å². The lowest BCUT2D eigenvalue weighted by Gasteiger charge is -2.12. The molecule has 0 unspecified atom stereocenters. The van der Waals surface area contributed by atoms with Crippen LogP contribution in [0.1, 0.15) is 63.5 Å². The van der Waals surface area contributed by atoms with Crippen molar-refractivity contribution in [3.8, 4) is 0 Å². The van der Waals surface area contributed by atoms with Crippen molar-refractivity contribution in [2.75, 3.05) is 5.43 Å². The second-order valence-corrected chi connectivity index (χ2v) is 7.31. The normalized spacial score (nSPS) is 19.4. The molecule has 0 spiro atoms. The quantitative estimate of drug-likeness (QED) is 0.588. The van der Waals surface area contributed by atoms with Crippen molar-refractivity contribution < 1.29 is 4.79 Å². The zero-order valence-corrected chi connectivity index (χ0v) is 13.7. The summed E-state index contributed by atoms with van der Waals surface area (Å²) in [6, 6.07) is 3.70. The first-order chi connectivity index (χ1) is 9.61. The molecule has 2 rings (SSSR count). The Morgan fingerprint density at radius 1 is 1.24 bits per heavy atom. The average molecular weight is 290 g/mol. The predicted molar refractivity (Wildman–Crippen MR) is 85.0 cm³/mol. The number of carbonyl (C=O) groups is 1. The van der Waals surface area contributed by atoms with Crippen LogP contribution in [-0.2, 0) is 0 Å². The Bertz CT molecular complexity index is 549. The molecule has 5 heteroatoms. The number of nitrogens with zero attached hydrogens (tertiary/aromatic N) is 1. The number of hydrogen-bond donors (Lipinski definition) is 3. The average Bonchev–Trinajstić information content (AvgIpc) is 2.80. The van der Waals surface area contributed by atoms with Crippen molar-refractivity contribution >= 4 is 11.7 Å². The molecule has 116 valence electrons. The number of rotatable bonds is 4. The van der Waals surface area contributed by atoms with Gasteiger partial charge in [0.25, 0.3) is 5.91 Å². The lowest BCUT2D eigenvalue weighted by Crippen LogP contribution is -2.30. The highest BCUT2D eigenvalue weighted by atomic mass is 16.1. The first kappa shape index (κ1) is 15.8. The molecule has 0 saturated heterocycles. The Hall–Kier alpha value is -1.62. The summed E-state index contributed by atoms with van der Waals surface area (Å²) in [7, 11) is 0. The summed E-state index contributed by atoms with van der Waals surface area (Å²) in [4.78, 5) is 16.9. The predicted octanol–water partition coefficient (Wildman–Crippen LogP) is 2.65. The van der Waals surface area contributed by atoms with Gasteiger partial charge >= 0.3 is 0 Å². The van der Waals surface area contributed by atoms with Gasteiger partial charge in [0.2, 0.25) is 0 Å². The van der Waals surface area contributed by atoms with Gasteiger partial charge < -0.3 is 10.7 Å². The second kappa shape index (κ2) is 4.98. The van der Waals surface area contributed by atoms with Gasteiger partial charge in [-0.05, 0) is 28.9 Å². The minimum absolute atomic E-state index is 0.0700. The van der Waals surface area contributed by atoms with Gasteiger partial charge in [0, 0.05) is 17.3 Å². The van der Waals surface area contributed by atoms with Gasteiger partial charge in [0.1, 0.15) is 5.82 Å². The van der Waals surface area contributed by atoms with Crippen molar-refractivity contribution in [3.63, 3.8) is 0 Å². The first-order valence-corrected chi connectivity index (χ1v) is 7.40. The lowest BCUT2D eigenvalue weighted by atomic mass is 10.0. The number of hydrazine groups is 1. The molecule has 0 aromatic carbocycles. The molecule has 1 heterocycles. The summed E-state index contributed by atoms with van der Waals surface area (Å²) in [5.74, 6) is 6.12. The van der Waals surface area contributed by atoms with Gasteiger partial charge in [-0.3, -0.25) is 4.79 Å². The van der Waals surface area contributed by atoms with Crippen molar-refractivity contribution in [2.45, 2.75) is 53.5 Å². The van der Waals surface area contributed by atoms with Crippen LogP contribution in [0.5, 0.6) is 0 Å². The third-order valence-corrected chi connectivity index (χ3v) is 5.14. The van der Waals surface area contributed by atoms with E-state index in [2.05, 4.69) is 43.4 Å². The summed E-state index contributed by atoms with van der Waals surface area (Å²) in [6.45, 7) is 12.8. The van der Waals surface area contributed by atoms with E-state index in [0.717, 1.165) is 5.69 Å². The van der Waals surface area contributed by atoms with Crippen LogP contribution >= 0.6 is 0 Å². The number of hydrogen-bond acceptors (Lipinski definition) is 4. The van der Waals surface area contributed by atoms with E-state index in [9.17, 15) is 4.79 Å². The number of amides is 1. The van der Waals surface area contributed by atoms with Crippen molar-refractivity contribution in [2.24, 2.45) is 16.7 Å². The van der Waals surface area contributed by atoms with Gasteiger partial charge in [-0.1, -0.05) is 41.5 Å². The molecule has 1 aromatic heterocycles. The van der Waals surface area contributed by atoms with Gasteiger partial charge in [-0.25, -0.2) is 10.8 Å². The Kier molecular flexibility index (Phi) is 3.74. The Labute approximate surface area is 126 Å². The highest BCUT2D eigenvalue weighted by Crippen LogP contribution is 2.62. The molecule has 0 aliphatic heterocycles. The minimum Gasteiger partial charge on any atom is -0.348 e. The molecule has 0 bridgehead atoms. The number of nitrogens with two attached hydrogens (primary N) is 1. The molecule has 1 saturated carbocycles. The Morgan fingerprint density at radius 2 is 1.81 bits per heavy atom. The fraction of sp³-hybridized carbons (Fsp3) is 0.625. The van der Waals surface area contributed by atoms with E-state index in [4.69, 9.17) is 5.84 Å². The number of pyridine rings is 1. The van der Waals surface area contributed by atoms with Crippen LogP contribution in [0.15, 0.2) is 12.1 Å². The maximum Gasteiger partial charge on any atom is 0.251 e. The van der Waals surface area contributed by atoms with Crippen LogP contribution in [0.4, 0.5) is 5.82 Å². The highest BCUT2D eigenvalue weighted by molar-refractivity contribution is 5.95. The highest BCUT2D eigenvalue weighted by Gasteiger charge is 2.65. The van der Waals surface area contributed by atoms with Crippen molar-refractivity contribution in [1.29, 1.82) is 0 Å². The molecule has 21 heavy (non-hydrogen) atoms. The molecule has 1 aliphatic carbocycles. The summed E-state index contributed by atoms with van der Waals surface area (Å²) < 4.78 is 0. The van der Waals surface area contributed by atoms with Gasteiger partial charge in [-0.15, -0.1) is 0 Å². The fourth-order valence-corrected chi connectivity index (χ4v) is 2.82. The molecule has 1 fully saturated rings. The number of aromatic nitrogens is 1. The molecule has 5 nitrogen and oxygen atoms in total. The van der Waals surface area contributed by atoms with Gasteiger partial charge in [0.05, 0.1) is 0 Å². The monoisotopic (exact) mass is 290 g/mol. The number of anilines is 1. The van der Waals surface area contributed by atoms with Crippen LogP contribution in [0.3, 0.4) is 0 Å². The van der Waals surface area contributed by atoms with E-state index < -0.39 is 0 Å². The van der Waals surface area contributed by atoms with Gasteiger partial charge in [0.15, 0.2) is 0 Å². The van der Waals surface area contributed by atoms with E-state index in [-0.39, 0.29) is 28.7 Å². The Balaban J connectivity index is 2.22. The zero-order valence-electron chi connectivity index (χ0n) is 13.7.